The maximum atomic E-state index is 11.5. The first-order valence-corrected chi connectivity index (χ1v) is 6.59. The molecule has 0 amide bonds. The van der Waals surface area contributed by atoms with E-state index < -0.39 is 5.97 Å². The van der Waals surface area contributed by atoms with E-state index in [0.29, 0.717) is 11.0 Å². The highest BCUT2D eigenvalue weighted by Crippen LogP contribution is 2.18. The summed E-state index contributed by atoms with van der Waals surface area (Å²) in [7, 11) is 0. The van der Waals surface area contributed by atoms with Crippen LogP contribution in [-0.2, 0) is 10.6 Å². The number of thioether (sulfide) groups is 1. The van der Waals surface area contributed by atoms with Gasteiger partial charge in [0.2, 0.25) is 0 Å². The number of aromatic nitrogens is 4. The van der Waals surface area contributed by atoms with Crippen LogP contribution in [0.1, 0.15) is 17.3 Å². The van der Waals surface area contributed by atoms with Gasteiger partial charge in [-0.2, -0.15) is 5.10 Å². The molecule has 0 saturated heterocycles. The molecule has 2 N–H and O–H groups in total. The quantitative estimate of drug-likeness (QED) is 0.498. The van der Waals surface area contributed by atoms with E-state index in [9.17, 15) is 4.79 Å². The van der Waals surface area contributed by atoms with Crippen molar-refractivity contribution >= 4 is 23.5 Å². The zero-order valence-corrected chi connectivity index (χ0v) is 11.1. The molecule has 0 aliphatic heterocycles. The van der Waals surface area contributed by atoms with Crippen molar-refractivity contribution in [3.63, 3.8) is 0 Å². The second-order valence-electron chi connectivity index (χ2n) is 3.49. The van der Waals surface area contributed by atoms with Crippen molar-refractivity contribution in [2.24, 2.45) is 0 Å². The smallest absolute Gasteiger partial charge is 0.343 e. The van der Waals surface area contributed by atoms with Gasteiger partial charge in [0, 0.05) is 18.6 Å². The van der Waals surface area contributed by atoms with Crippen molar-refractivity contribution in [3.8, 4) is 0 Å². The van der Waals surface area contributed by atoms with Crippen LogP contribution in [0.3, 0.4) is 0 Å². The maximum Gasteiger partial charge on any atom is 0.343 e. The first-order valence-electron chi connectivity index (χ1n) is 5.60. The number of nitrogens with two attached hydrogens (primary N) is 1. The summed E-state index contributed by atoms with van der Waals surface area (Å²) in [5.41, 5.74) is 5.90. The number of nitrogens with zero attached hydrogens (tertiary/aromatic N) is 4. The Morgan fingerprint density at radius 3 is 3.05 bits per heavy atom. The SMILES string of the molecule is CCOC(=O)c1cnc(SCn2cccn2)nc1N. The Kier molecular flexibility index (Phi) is 4.35. The van der Waals surface area contributed by atoms with Crippen molar-refractivity contribution in [1.82, 2.24) is 19.7 Å². The third-order valence-corrected chi connectivity index (χ3v) is 3.03. The summed E-state index contributed by atoms with van der Waals surface area (Å²) in [6.07, 6.45) is 4.91. The molecule has 100 valence electrons. The zero-order chi connectivity index (χ0) is 13.7. The molecule has 8 heteroatoms. The van der Waals surface area contributed by atoms with Gasteiger partial charge in [0.05, 0.1) is 12.5 Å². The third-order valence-electron chi connectivity index (χ3n) is 2.18. The van der Waals surface area contributed by atoms with Crippen molar-refractivity contribution in [2.45, 2.75) is 18.0 Å². The second-order valence-corrected chi connectivity index (χ2v) is 4.40. The molecule has 2 heterocycles. The van der Waals surface area contributed by atoms with Crippen LogP contribution < -0.4 is 5.73 Å². The van der Waals surface area contributed by atoms with Crippen LogP contribution in [0.5, 0.6) is 0 Å². The highest BCUT2D eigenvalue weighted by atomic mass is 32.2. The Hall–Kier alpha value is -2.09. The molecule has 2 rings (SSSR count). The van der Waals surface area contributed by atoms with Crippen LogP contribution in [-0.4, -0.2) is 32.3 Å². The molecule has 7 nitrogen and oxygen atoms in total. The van der Waals surface area contributed by atoms with Crippen LogP contribution in [0.4, 0.5) is 5.82 Å². The number of carbonyl (C=O) groups is 1. The minimum Gasteiger partial charge on any atom is -0.462 e. The van der Waals surface area contributed by atoms with Crippen LogP contribution in [0.2, 0.25) is 0 Å². The molecular formula is C11H13N5O2S. The first-order chi connectivity index (χ1) is 9.20. The summed E-state index contributed by atoms with van der Waals surface area (Å²) in [6, 6.07) is 1.83. The van der Waals surface area contributed by atoms with Gasteiger partial charge in [-0.1, -0.05) is 11.8 Å². The van der Waals surface area contributed by atoms with Gasteiger partial charge in [-0.3, -0.25) is 4.68 Å². The summed E-state index contributed by atoms with van der Waals surface area (Å²) in [5.74, 6) is 0.186. The van der Waals surface area contributed by atoms with Gasteiger partial charge in [0.15, 0.2) is 5.16 Å². The highest BCUT2D eigenvalue weighted by Gasteiger charge is 2.13. The van der Waals surface area contributed by atoms with E-state index in [0.717, 1.165) is 0 Å². The Labute approximate surface area is 114 Å². The molecule has 2 aromatic rings. The largest absolute Gasteiger partial charge is 0.462 e. The van der Waals surface area contributed by atoms with E-state index in [-0.39, 0.29) is 18.0 Å². The number of carbonyl (C=O) groups excluding carboxylic acids is 1. The molecule has 0 saturated carbocycles. The van der Waals surface area contributed by atoms with E-state index in [1.54, 1.807) is 17.8 Å². The number of nitrogen functional groups attached to an aromatic ring is 1. The number of ether oxygens (including phenoxy) is 1. The van der Waals surface area contributed by atoms with Gasteiger partial charge in [0.25, 0.3) is 0 Å². The molecule has 0 aromatic carbocycles. The number of rotatable bonds is 5. The van der Waals surface area contributed by atoms with Crippen molar-refractivity contribution < 1.29 is 9.53 Å². The van der Waals surface area contributed by atoms with Crippen molar-refractivity contribution in [2.75, 3.05) is 12.3 Å². The molecular weight excluding hydrogens is 266 g/mol. The molecule has 19 heavy (non-hydrogen) atoms. The Balaban J connectivity index is 2.04. The Morgan fingerprint density at radius 2 is 2.42 bits per heavy atom. The summed E-state index contributed by atoms with van der Waals surface area (Å²) < 4.78 is 6.59. The van der Waals surface area contributed by atoms with E-state index in [1.807, 2.05) is 12.3 Å². The summed E-state index contributed by atoms with van der Waals surface area (Å²) in [4.78, 5) is 19.7. The molecule has 0 atom stereocenters. The number of hydrogen-bond donors (Lipinski definition) is 1. The molecule has 0 spiro atoms. The van der Waals surface area contributed by atoms with Crippen molar-refractivity contribution in [3.05, 3.63) is 30.2 Å². The van der Waals surface area contributed by atoms with Crippen LogP contribution in [0, 0.1) is 0 Å². The normalized spacial score (nSPS) is 10.4. The number of esters is 1. The fraction of sp³-hybridized carbons (Fsp3) is 0.273. The lowest BCUT2D eigenvalue weighted by atomic mass is 10.3. The molecule has 0 aliphatic carbocycles. The van der Waals surface area contributed by atoms with E-state index in [1.165, 1.54) is 18.0 Å². The Morgan fingerprint density at radius 1 is 1.58 bits per heavy atom. The van der Waals surface area contributed by atoms with Gasteiger partial charge in [-0.15, -0.1) is 0 Å². The van der Waals surface area contributed by atoms with Gasteiger partial charge in [0.1, 0.15) is 11.4 Å². The number of anilines is 1. The molecule has 0 fully saturated rings. The van der Waals surface area contributed by atoms with Gasteiger partial charge < -0.3 is 10.5 Å². The standard InChI is InChI=1S/C11H13N5O2S/c1-2-18-10(17)8-6-13-11(15-9(8)12)19-7-16-5-3-4-14-16/h3-6H,2,7H2,1H3,(H2,12,13,15). The van der Waals surface area contributed by atoms with Gasteiger partial charge >= 0.3 is 5.97 Å². The average molecular weight is 279 g/mol. The minimum atomic E-state index is -0.511. The minimum absolute atomic E-state index is 0.122. The molecule has 2 aromatic heterocycles. The van der Waals surface area contributed by atoms with Crippen LogP contribution in [0.25, 0.3) is 0 Å². The monoisotopic (exact) mass is 279 g/mol. The lowest BCUT2D eigenvalue weighted by Gasteiger charge is -2.05. The summed E-state index contributed by atoms with van der Waals surface area (Å²) in [6.45, 7) is 2.01. The van der Waals surface area contributed by atoms with Crippen LogP contribution >= 0.6 is 11.8 Å². The van der Waals surface area contributed by atoms with Gasteiger partial charge in [-0.25, -0.2) is 14.8 Å². The maximum absolute atomic E-state index is 11.5. The fourth-order valence-electron chi connectivity index (χ4n) is 1.31. The predicted octanol–water partition coefficient (Wildman–Crippen LogP) is 1.18. The third kappa shape index (κ3) is 3.44. The molecule has 0 bridgehead atoms. The molecule has 0 radical (unpaired) electrons. The zero-order valence-electron chi connectivity index (χ0n) is 10.3. The Bertz CT molecular complexity index is 558. The lowest BCUT2D eigenvalue weighted by Crippen LogP contribution is -2.10. The highest BCUT2D eigenvalue weighted by molar-refractivity contribution is 7.98. The average Bonchev–Trinajstić information content (AvgIpc) is 2.89. The van der Waals surface area contributed by atoms with E-state index in [2.05, 4.69) is 15.1 Å². The van der Waals surface area contributed by atoms with Crippen LogP contribution in [0.15, 0.2) is 29.8 Å². The number of hydrogen-bond acceptors (Lipinski definition) is 7. The first kappa shape index (κ1) is 13.3. The predicted molar refractivity (Wildman–Crippen MR) is 70.5 cm³/mol. The topological polar surface area (TPSA) is 95.9 Å². The van der Waals surface area contributed by atoms with Gasteiger partial charge in [-0.05, 0) is 13.0 Å². The fourth-order valence-corrected chi connectivity index (χ4v) is 2.00. The van der Waals surface area contributed by atoms with E-state index >= 15 is 0 Å². The second kappa shape index (κ2) is 6.19. The van der Waals surface area contributed by atoms with Crippen molar-refractivity contribution in [1.29, 1.82) is 0 Å². The van der Waals surface area contributed by atoms with E-state index in [4.69, 9.17) is 10.5 Å². The molecule has 0 unspecified atom stereocenters. The molecule has 0 aliphatic rings. The summed E-state index contributed by atoms with van der Waals surface area (Å²) >= 11 is 1.37. The summed E-state index contributed by atoms with van der Waals surface area (Å²) in [5, 5.41) is 4.55. The lowest BCUT2D eigenvalue weighted by molar-refractivity contribution is 0.0526.